The van der Waals surface area contributed by atoms with Crippen LogP contribution in [0.4, 0.5) is 0 Å². The summed E-state index contributed by atoms with van der Waals surface area (Å²) in [7, 11) is 0. The zero-order valence-corrected chi connectivity index (χ0v) is 10.3. The Morgan fingerprint density at radius 1 is 1.17 bits per heavy atom. The van der Waals surface area contributed by atoms with E-state index in [-0.39, 0.29) is 24.0 Å². The number of fused-ring (bicyclic) bond motifs is 2. The fourth-order valence-electron chi connectivity index (χ4n) is 3.90. The number of amides is 1. The van der Waals surface area contributed by atoms with Crippen LogP contribution in [0.3, 0.4) is 0 Å². The molecular formula is C13H19NO4. The van der Waals surface area contributed by atoms with E-state index in [1.165, 1.54) is 0 Å². The number of nitrogens with one attached hydrogen (secondary N) is 1. The summed E-state index contributed by atoms with van der Waals surface area (Å²) < 4.78 is 5.34. The topological polar surface area (TPSA) is 75.6 Å². The first-order chi connectivity index (χ1) is 8.66. The Kier molecular flexibility index (Phi) is 3.01. The SMILES string of the molecule is O=C(O)[C@H]1[C@@H]2CC[C@@H](C2)[C@H]1NC(=O)[C@@H]1CCCO1. The van der Waals surface area contributed by atoms with Crippen molar-refractivity contribution in [2.45, 2.75) is 44.2 Å². The van der Waals surface area contributed by atoms with Gasteiger partial charge in [-0.25, -0.2) is 0 Å². The van der Waals surface area contributed by atoms with E-state index in [2.05, 4.69) is 5.32 Å². The molecule has 1 saturated heterocycles. The minimum atomic E-state index is -0.764. The summed E-state index contributed by atoms with van der Waals surface area (Å²) in [6, 6.07) is -0.182. The third-order valence-corrected chi connectivity index (χ3v) is 4.73. The van der Waals surface area contributed by atoms with Gasteiger partial charge in [-0.3, -0.25) is 9.59 Å². The molecule has 5 atom stereocenters. The third-order valence-electron chi connectivity index (χ3n) is 4.73. The second-order valence-electron chi connectivity index (χ2n) is 5.73. The molecule has 2 aliphatic carbocycles. The second-order valence-corrected chi connectivity index (χ2v) is 5.73. The quantitative estimate of drug-likeness (QED) is 0.779. The Morgan fingerprint density at radius 3 is 2.61 bits per heavy atom. The zero-order chi connectivity index (χ0) is 12.7. The summed E-state index contributed by atoms with van der Waals surface area (Å²) in [4.78, 5) is 23.3. The molecule has 0 aromatic rings. The fourth-order valence-corrected chi connectivity index (χ4v) is 3.90. The molecule has 18 heavy (non-hydrogen) atoms. The minimum Gasteiger partial charge on any atom is -0.481 e. The lowest BCUT2D eigenvalue weighted by molar-refractivity contribution is -0.145. The average molecular weight is 253 g/mol. The number of carbonyl (C=O) groups is 2. The molecule has 5 heteroatoms. The zero-order valence-electron chi connectivity index (χ0n) is 10.3. The van der Waals surface area contributed by atoms with Crippen LogP contribution >= 0.6 is 0 Å². The van der Waals surface area contributed by atoms with Crippen LogP contribution in [0.15, 0.2) is 0 Å². The van der Waals surface area contributed by atoms with Gasteiger partial charge in [0.2, 0.25) is 5.91 Å². The average Bonchev–Trinajstić information content (AvgIpc) is 3.05. The van der Waals surface area contributed by atoms with Crippen LogP contribution in [-0.4, -0.2) is 35.7 Å². The molecule has 1 aliphatic heterocycles. The first-order valence-corrected chi connectivity index (χ1v) is 6.81. The number of carboxylic acids is 1. The van der Waals surface area contributed by atoms with Crippen LogP contribution in [0.5, 0.6) is 0 Å². The van der Waals surface area contributed by atoms with Crippen molar-refractivity contribution in [3.05, 3.63) is 0 Å². The lowest BCUT2D eigenvalue weighted by Crippen LogP contribution is -2.49. The Bertz CT molecular complexity index is 364. The van der Waals surface area contributed by atoms with Gasteiger partial charge in [0.25, 0.3) is 0 Å². The largest absolute Gasteiger partial charge is 0.481 e. The monoisotopic (exact) mass is 253 g/mol. The number of ether oxygens (including phenoxy) is 1. The van der Waals surface area contributed by atoms with Crippen molar-refractivity contribution < 1.29 is 19.4 Å². The van der Waals surface area contributed by atoms with Crippen molar-refractivity contribution in [1.29, 1.82) is 0 Å². The third kappa shape index (κ3) is 1.90. The number of aliphatic carboxylic acids is 1. The molecule has 3 rings (SSSR count). The van der Waals surface area contributed by atoms with E-state index < -0.39 is 11.9 Å². The Balaban J connectivity index is 1.67. The van der Waals surface area contributed by atoms with Gasteiger partial charge < -0.3 is 15.2 Å². The van der Waals surface area contributed by atoms with Gasteiger partial charge >= 0.3 is 5.97 Å². The van der Waals surface area contributed by atoms with E-state index in [0.29, 0.717) is 12.5 Å². The maximum absolute atomic E-state index is 12.0. The molecule has 2 N–H and O–H groups in total. The molecule has 100 valence electrons. The van der Waals surface area contributed by atoms with Gasteiger partial charge in [0.1, 0.15) is 6.10 Å². The molecule has 3 fully saturated rings. The normalized spacial score (nSPS) is 42.1. The van der Waals surface area contributed by atoms with Crippen LogP contribution in [0.1, 0.15) is 32.1 Å². The van der Waals surface area contributed by atoms with E-state index in [0.717, 1.165) is 32.1 Å². The number of carboxylic acid groups (broad SMARTS) is 1. The van der Waals surface area contributed by atoms with Gasteiger partial charge in [-0.1, -0.05) is 0 Å². The highest BCUT2D eigenvalue weighted by molar-refractivity contribution is 5.82. The van der Waals surface area contributed by atoms with Crippen LogP contribution in [0, 0.1) is 17.8 Å². The van der Waals surface area contributed by atoms with Crippen molar-refractivity contribution in [3.63, 3.8) is 0 Å². The number of carbonyl (C=O) groups excluding carboxylic acids is 1. The summed E-state index contributed by atoms with van der Waals surface area (Å²) in [5.74, 6) is -0.672. The predicted octanol–water partition coefficient (Wildman–Crippen LogP) is 0.781. The first-order valence-electron chi connectivity index (χ1n) is 6.81. The molecule has 0 radical (unpaired) electrons. The summed E-state index contributed by atoms with van der Waals surface area (Å²) in [6.07, 6.45) is 4.30. The van der Waals surface area contributed by atoms with Crippen LogP contribution in [0.2, 0.25) is 0 Å². The lowest BCUT2D eigenvalue weighted by atomic mass is 9.84. The van der Waals surface area contributed by atoms with Crippen molar-refractivity contribution in [2.75, 3.05) is 6.61 Å². The van der Waals surface area contributed by atoms with E-state index in [1.54, 1.807) is 0 Å². The molecule has 2 bridgehead atoms. The maximum atomic E-state index is 12.0. The van der Waals surface area contributed by atoms with E-state index in [4.69, 9.17) is 4.74 Å². The van der Waals surface area contributed by atoms with E-state index in [9.17, 15) is 14.7 Å². The highest BCUT2D eigenvalue weighted by atomic mass is 16.5. The van der Waals surface area contributed by atoms with E-state index in [1.807, 2.05) is 0 Å². The van der Waals surface area contributed by atoms with Crippen molar-refractivity contribution in [3.8, 4) is 0 Å². The van der Waals surface area contributed by atoms with Crippen molar-refractivity contribution in [1.82, 2.24) is 5.32 Å². The first kappa shape index (κ1) is 12.0. The summed E-state index contributed by atoms with van der Waals surface area (Å²) in [5.41, 5.74) is 0. The molecule has 2 saturated carbocycles. The predicted molar refractivity (Wildman–Crippen MR) is 62.9 cm³/mol. The molecule has 1 amide bonds. The molecule has 1 heterocycles. The summed E-state index contributed by atoms with van der Waals surface area (Å²) >= 11 is 0. The maximum Gasteiger partial charge on any atom is 0.308 e. The molecular weight excluding hydrogens is 234 g/mol. The molecule has 0 aromatic carbocycles. The Hall–Kier alpha value is -1.10. The van der Waals surface area contributed by atoms with E-state index >= 15 is 0 Å². The highest BCUT2D eigenvalue weighted by Gasteiger charge is 2.51. The highest BCUT2D eigenvalue weighted by Crippen LogP contribution is 2.48. The van der Waals surface area contributed by atoms with Crippen molar-refractivity contribution >= 4 is 11.9 Å². The van der Waals surface area contributed by atoms with Gasteiger partial charge in [-0.2, -0.15) is 0 Å². The van der Waals surface area contributed by atoms with Gasteiger partial charge in [0.15, 0.2) is 0 Å². The van der Waals surface area contributed by atoms with Gasteiger partial charge in [0.05, 0.1) is 5.92 Å². The van der Waals surface area contributed by atoms with Gasteiger partial charge in [-0.05, 0) is 43.9 Å². The number of hydrogen-bond acceptors (Lipinski definition) is 3. The molecule has 3 aliphatic rings. The fraction of sp³-hybridized carbons (Fsp3) is 0.846. The van der Waals surface area contributed by atoms with Crippen molar-refractivity contribution in [2.24, 2.45) is 17.8 Å². The lowest BCUT2D eigenvalue weighted by Gasteiger charge is -2.29. The van der Waals surface area contributed by atoms with Crippen LogP contribution < -0.4 is 5.32 Å². The summed E-state index contributed by atoms with van der Waals surface area (Å²) in [6.45, 7) is 0.636. The standard InChI is InChI=1S/C13H19NO4/c15-12(9-2-1-5-18-9)14-11-8-4-3-7(6-8)10(11)13(16)17/h7-11H,1-6H2,(H,14,15)(H,16,17)/t7-,8+,9+,10+,11-/m1/s1. The smallest absolute Gasteiger partial charge is 0.308 e. The summed E-state index contributed by atoms with van der Waals surface area (Å²) in [5, 5.41) is 12.2. The van der Waals surface area contributed by atoms with Gasteiger partial charge in [0, 0.05) is 12.6 Å². The minimum absolute atomic E-state index is 0.115. The Morgan fingerprint density at radius 2 is 1.94 bits per heavy atom. The Labute approximate surface area is 106 Å². The molecule has 0 spiro atoms. The second kappa shape index (κ2) is 4.53. The van der Waals surface area contributed by atoms with Gasteiger partial charge in [-0.15, -0.1) is 0 Å². The molecule has 0 unspecified atom stereocenters. The number of hydrogen-bond donors (Lipinski definition) is 2. The van der Waals surface area contributed by atoms with Crippen LogP contribution in [0.25, 0.3) is 0 Å². The van der Waals surface area contributed by atoms with Crippen LogP contribution in [-0.2, 0) is 14.3 Å². The molecule has 0 aromatic heterocycles. The number of rotatable bonds is 3. The molecule has 5 nitrogen and oxygen atoms in total.